The van der Waals surface area contributed by atoms with Crippen molar-refractivity contribution in [3.8, 4) is 0 Å². The number of benzene rings is 1. The van der Waals surface area contributed by atoms with Crippen LogP contribution in [-0.4, -0.2) is 7.05 Å². The van der Waals surface area contributed by atoms with Crippen LogP contribution in [0.4, 0.5) is 8.78 Å². The van der Waals surface area contributed by atoms with Crippen molar-refractivity contribution in [2.45, 2.75) is 19.4 Å². The van der Waals surface area contributed by atoms with Gasteiger partial charge in [0.25, 0.3) is 0 Å². The fourth-order valence-corrected chi connectivity index (χ4v) is 3.03. The van der Waals surface area contributed by atoms with E-state index in [0.717, 1.165) is 6.07 Å². The van der Waals surface area contributed by atoms with E-state index in [1.165, 1.54) is 10.4 Å². The van der Waals surface area contributed by atoms with Crippen molar-refractivity contribution in [3.05, 3.63) is 57.3 Å². The van der Waals surface area contributed by atoms with Gasteiger partial charge in [-0.3, -0.25) is 0 Å². The molecular weight excluding hydrogens is 252 g/mol. The molecule has 0 saturated carbocycles. The lowest BCUT2D eigenvalue weighted by molar-refractivity contribution is 0.487. The fourth-order valence-electron chi connectivity index (χ4n) is 1.99. The standard InChI is InChI=1S/C14H15F2NS/c1-9-6-7-18-14(9)12(17-2)8-10-4-3-5-11(15)13(10)16/h3-7,12,17H,8H2,1-2H3. The van der Waals surface area contributed by atoms with Crippen LogP contribution in [0.5, 0.6) is 0 Å². The Morgan fingerprint density at radius 3 is 2.67 bits per heavy atom. The van der Waals surface area contributed by atoms with Crippen molar-refractivity contribution >= 4 is 11.3 Å². The van der Waals surface area contributed by atoms with Crippen LogP contribution in [0.3, 0.4) is 0 Å². The van der Waals surface area contributed by atoms with Gasteiger partial charge in [-0.15, -0.1) is 11.3 Å². The van der Waals surface area contributed by atoms with Crippen molar-refractivity contribution in [1.29, 1.82) is 0 Å². The van der Waals surface area contributed by atoms with E-state index in [0.29, 0.717) is 12.0 Å². The minimum atomic E-state index is -0.787. The van der Waals surface area contributed by atoms with Gasteiger partial charge in [-0.2, -0.15) is 0 Å². The number of rotatable bonds is 4. The zero-order valence-electron chi connectivity index (χ0n) is 10.3. The first kappa shape index (κ1) is 13.2. The lowest BCUT2D eigenvalue weighted by atomic mass is 10.0. The van der Waals surface area contributed by atoms with Crippen molar-refractivity contribution in [1.82, 2.24) is 5.32 Å². The maximum Gasteiger partial charge on any atom is 0.162 e. The normalized spacial score (nSPS) is 12.7. The average Bonchev–Trinajstić information content (AvgIpc) is 2.77. The van der Waals surface area contributed by atoms with Gasteiger partial charge >= 0.3 is 0 Å². The summed E-state index contributed by atoms with van der Waals surface area (Å²) < 4.78 is 26.8. The zero-order chi connectivity index (χ0) is 13.1. The Labute approximate surface area is 109 Å². The monoisotopic (exact) mass is 267 g/mol. The summed E-state index contributed by atoms with van der Waals surface area (Å²) in [6, 6.07) is 6.37. The average molecular weight is 267 g/mol. The molecule has 96 valence electrons. The van der Waals surface area contributed by atoms with Crippen LogP contribution in [0, 0.1) is 18.6 Å². The Hall–Kier alpha value is -1.26. The maximum absolute atomic E-state index is 13.6. The highest BCUT2D eigenvalue weighted by molar-refractivity contribution is 7.10. The molecule has 1 aromatic heterocycles. The molecule has 0 fully saturated rings. The third-order valence-corrected chi connectivity index (χ3v) is 4.15. The van der Waals surface area contributed by atoms with Gasteiger partial charge in [0.15, 0.2) is 11.6 Å². The van der Waals surface area contributed by atoms with Gasteiger partial charge in [0.1, 0.15) is 0 Å². The van der Waals surface area contributed by atoms with E-state index in [1.807, 2.05) is 25.4 Å². The fraction of sp³-hybridized carbons (Fsp3) is 0.286. The van der Waals surface area contributed by atoms with Crippen LogP contribution in [0.1, 0.15) is 22.0 Å². The van der Waals surface area contributed by atoms with E-state index in [1.54, 1.807) is 23.5 Å². The van der Waals surface area contributed by atoms with E-state index in [4.69, 9.17) is 0 Å². The number of nitrogens with one attached hydrogen (secondary N) is 1. The van der Waals surface area contributed by atoms with E-state index in [9.17, 15) is 8.78 Å². The summed E-state index contributed by atoms with van der Waals surface area (Å²) >= 11 is 1.63. The van der Waals surface area contributed by atoms with Crippen molar-refractivity contribution in [3.63, 3.8) is 0 Å². The lowest BCUT2D eigenvalue weighted by Gasteiger charge is -2.16. The SMILES string of the molecule is CNC(Cc1cccc(F)c1F)c1sccc1C. The summed E-state index contributed by atoms with van der Waals surface area (Å²) in [7, 11) is 1.83. The van der Waals surface area contributed by atoms with Crippen molar-refractivity contribution < 1.29 is 8.78 Å². The Bertz CT molecular complexity index is 536. The smallest absolute Gasteiger partial charge is 0.162 e. The molecular formula is C14H15F2NS. The van der Waals surface area contributed by atoms with Crippen LogP contribution in [0.15, 0.2) is 29.6 Å². The lowest BCUT2D eigenvalue weighted by Crippen LogP contribution is -2.19. The number of halogens is 2. The summed E-state index contributed by atoms with van der Waals surface area (Å²) in [5.74, 6) is -1.53. The van der Waals surface area contributed by atoms with Crippen LogP contribution in [-0.2, 0) is 6.42 Å². The van der Waals surface area contributed by atoms with Gasteiger partial charge in [-0.05, 0) is 49.0 Å². The van der Waals surface area contributed by atoms with Gasteiger partial charge in [-0.1, -0.05) is 12.1 Å². The molecule has 0 aliphatic heterocycles. The molecule has 0 saturated heterocycles. The quantitative estimate of drug-likeness (QED) is 0.887. The third-order valence-electron chi connectivity index (χ3n) is 3.02. The van der Waals surface area contributed by atoms with E-state index in [-0.39, 0.29) is 6.04 Å². The second kappa shape index (κ2) is 5.59. The number of likely N-dealkylation sites (N-methyl/N-ethyl adjacent to an activating group) is 1. The van der Waals surface area contributed by atoms with Gasteiger partial charge in [0.2, 0.25) is 0 Å². The Morgan fingerprint density at radius 1 is 1.28 bits per heavy atom. The number of aryl methyl sites for hydroxylation is 1. The van der Waals surface area contributed by atoms with Crippen LogP contribution in [0.25, 0.3) is 0 Å². The first-order valence-corrected chi connectivity index (χ1v) is 6.65. The molecule has 0 spiro atoms. The highest BCUT2D eigenvalue weighted by Crippen LogP contribution is 2.27. The van der Waals surface area contributed by atoms with Crippen LogP contribution < -0.4 is 5.32 Å². The molecule has 2 aromatic rings. The largest absolute Gasteiger partial charge is 0.312 e. The predicted octanol–water partition coefficient (Wildman–Crippen LogP) is 3.84. The zero-order valence-corrected chi connectivity index (χ0v) is 11.2. The molecule has 1 aromatic carbocycles. The van der Waals surface area contributed by atoms with E-state index < -0.39 is 11.6 Å². The molecule has 0 bridgehead atoms. The van der Waals surface area contributed by atoms with Crippen LogP contribution in [0.2, 0.25) is 0 Å². The molecule has 1 atom stereocenters. The van der Waals surface area contributed by atoms with Crippen molar-refractivity contribution in [2.24, 2.45) is 0 Å². The second-order valence-corrected chi connectivity index (χ2v) is 5.17. The van der Waals surface area contributed by atoms with Gasteiger partial charge in [-0.25, -0.2) is 8.78 Å². The number of hydrogen-bond acceptors (Lipinski definition) is 2. The Balaban J connectivity index is 2.26. The van der Waals surface area contributed by atoms with Gasteiger partial charge < -0.3 is 5.32 Å². The topological polar surface area (TPSA) is 12.0 Å². The predicted molar refractivity (Wildman–Crippen MR) is 70.9 cm³/mol. The molecule has 18 heavy (non-hydrogen) atoms. The van der Waals surface area contributed by atoms with E-state index >= 15 is 0 Å². The summed E-state index contributed by atoms with van der Waals surface area (Å²) in [6.07, 6.45) is 0.446. The highest BCUT2D eigenvalue weighted by Gasteiger charge is 2.17. The molecule has 0 aliphatic carbocycles. The van der Waals surface area contributed by atoms with Crippen LogP contribution >= 0.6 is 11.3 Å². The molecule has 0 amide bonds. The molecule has 0 aliphatic rings. The van der Waals surface area contributed by atoms with Gasteiger partial charge in [0.05, 0.1) is 0 Å². The molecule has 4 heteroatoms. The molecule has 0 radical (unpaired) electrons. The first-order chi connectivity index (χ1) is 8.63. The van der Waals surface area contributed by atoms with E-state index in [2.05, 4.69) is 5.32 Å². The molecule has 1 unspecified atom stereocenters. The number of hydrogen-bond donors (Lipinski definition) is 1. The molecule has 1 N–H and O–H groups in total. The Morgan fingerprint density at radius 2 is 2.06 bits per heavy atom. The Kier molecular flexibility index (Phi) is 4.09. The minimum Gasteiger partial charge on any atom is -0.312 e. The highest BCUT2D eigenvalue weighted by atomic mass is 32.1. The maximum atomic E-state index is 13.6. The summed E-state index contributed by atoms with van der Waals surface area (Å²) in [6.45, 7) is 2.03. The summed E-state index contributed by atoms with van der Waals surface area (Å²) in [5.41, 5.74) is 1.58. The summed E-state index contributed by atoms with van der Waals surface area (Å²) in [4.78, 5) is 1.17. The molecule has 1 heterocycles. The third kappa shape index (κ3) is 2.60. The van der Waals surface area contributed by atoms with Gasteiger partial charge in [0, 0.05) is 10.9 Å². The second-order valence-electron chi connectivity index (χ2n) is 4.23. The number of thiophene rings is 1. The summed E-state index contributed by atoms with van der Waals surface area (Å²) in [5, 5.41) is 5.17. The van der Waals surface area contributed by atoms with Crippen molar-refractivity contribution in [2.75, 3.05) is 7.05 Å². The first-order valence-electron chi connectivity index (χ1n) is 5.77. The molecule has 2 rings (SSSR count). The molecule has 1 nitrogen and oxygen atoms in total. The minimum absolute atomic E-state index is 0.0151.